The molecule has 2 heterocycles. The number of rotatable bonds is 15. The molecule has 48 heavy (non-hydrogen) atoms. The van der Waals surface area contributed by atoms with Crippen LogP contribution >= 0.6 is 0 Å². The summed E-state index contributed by atoms with van der Waals surface area (Å²) in [5.41, 5.74) is 7.95. The highest BCUT2D eigenvalue weighted by Crippen LogP contribution is 2.59. The van der Waals surface area contributed by atoms with E-state index < -0.39 is 11.4 Å². The molecule has 4 aliphatic rings. The van der Waals surface area contributed by atoms with Gasteiger partial charge in [0.2, 0.25) is 0 Å². The van der Waals surface area contributed by atoms with Crippen molar-refractivity contribution in [1.29, 1.82) is 0 Å². The number of allylic oxidation sites excluding steroid dienone is 13. The number of carbonyl (C=O) groups is 2. The number of fused-ring (bicyclic) bond motifs is 4. The van der Waals surface area contributed by atoms with Gasteiger partial charge in [0.1, 0.15) is 0 Å². The van der Waals surface area contributed by atoms with Crippen molar-refractivity contribution < 1.29 is 14.7 Å². The highest BCUT2D eigenvalue weighted by molar-refractivity contribution is 5.95. The smallest absolute Gasteiger partial charge is 0.356 e. The third kappa shape index (κ3) is 6.58. The Kier molecular flexibility index (Phi) is 9.90. The first-order valence-electron chi connectivity index (χ1n) is 17.6. The predicted molar refractivity (Wildman–Crippen MR) is 189 cm³/mol. The van der Waals surface area contributed by atoms with Crippen LogP contribution < -0.4 is 5.32 Å². The van der Waals surface area contributed by atoms with E-state index in [0.29, 0.717) is 5.56 Å². The van der Waals surface area contributed by atoms with Gasteiger partial charge < -0.3 is 15.0 Å². The second-order valence-corrected chi connectivity index (χ2v) is 13.9. The van der Waals surface area contributed by atoms with Crippen LogP contribution in [-0.2, 0) is 0 Å². The SMILES string of the molecule is CCCCCCCCCCCCC1=C2C3=C(C=C[C@]2(C)C(n2cnc(C(=O)O)c2)=C1)[C@]1(C)CC=C(NC(=O)c2ccnnc2)C=C1C=C3. The van der Waals surface area contributed by atoms with E-state index in [2.05, 4.69) is 83.8 Å². The molecule has 8 nitrogen and oxygen atoms in total. The molecule has 0 radical (unpaired) electrons. The average Bonchev–Trinajstić information content (AvgIpc) is 3.69. The number of carbonyl (C=O) groups excluding carboxylic acids is 1. The van der Waals surface area contributed by atoms with Gasteiger partial charge >= 0.3 is 5.97 Å². The molecule has 2 aromatic rings. The molecule has 2 atom stereocenters. The van der Waals surface area contributed by atoms with Gasteiger partial charge in [-0.15, -0.1) is 0 Å². The van der Waals surface area contributed by atoms with Crippen LogP contribution in [0.4, 0.5) is 0 Å². The van der Waals surface area contributed by atoms with Crippen LogP contribution in [0.2, 0.25) is 0 Å². The monoisotopic (exact) mass is 645 g/mol. The van der Waals surface area contributed by atoms with E-state index in [1.165, 1.54) is 92.5 Å². The molecule has 0 aliphatic heterocycles. The molecule has 0 saturated heterocycles. The van der Waals surface area contributed by atoms with E-state index in [-0.39, 0.29) is 17.0 Å². The molecular weight excluding hydrogens is 598 g/mol. The van der Waals surface area contributed by atoms with Gasteiger partial charge in [0, 0.05) is 23.0 Å². The lowest BCUT2D eigenvalue weighted by Crippen LogP contribution is -2.33. The van der Waals surface area contributed by atoms with E-state index in [1.54, 1.807) is 18.6 Å². The lowest BCUT2D eigenvalue weighted by atomic mass is 9.61. The maximum atomic E-state index is 12.8. The van der Waals surface area contributed by atoms with Gasteiger partial charge in [-0.3, -0.25) is 4.79 Å². The largest absolute Gasteiger partial charge is 0.476 e. The van der Waals surface area contributed by atoms with E-state index in [1.807, 2.05) is 4.57 Å². The third-order valence-corrected chi connectivity index (χ3v) is 10.5. The molecule has 4 aliphatic carbocycles. The molecule has 0 spiro atoms. The van der Waals surface area contributed by atoms with Crippen molar-refractivity contribution in [1.82, 2.24) is 25.1 Å². The van der Waals surface area contributed by atoms with Gasteiger partial charge in [-0.25, -0.2) is 9.78 Å². The van der Waals surface area contributed by atoms with Gasteiger partial charge in [-0.1, -0.05) is 102 Å². The number of carboxylic acids is 1. The highest BCUT2D eigenvalue weighted by atomic mass is 16.4. The predicted octanol–water partition coefficient (Wildman–Crippen LogP) is 8.93. The molecule has 6 rings (SSSR count). The van der Waals surface area contributed by atoms with E-state index in [9.17, 15) is 14.7 Å². The van der Waals surface area contributed by atoms with Gasteiger partial charge in [0.05, 0.1) is 29.7 Å². The molecular formula is C40H47N5O3. The minimum Gasteiger partial charge on any atom is -0.476 e. The first-order valence-corrected chi connectivity index (χ1v) is 17.6. The van der Waals surface area contributed by atoms with E-state index in [0.717, 1.165) is 36.2 Å². The molecule has 2 N–H and O–H groups in total. The molecule has 0 unspecified atom stereocenters. The van der Waals surface area contributed by atoms with Gasteiger partial charge in [0.25, 0.3) is 5.91 Å². The first kappa shape index (κ1) is 33.3. The fraction of sp³-hybridized carbons (Fsp3) is 0.425. The Morgan fingerprint density at radius 1 is 0.958 bits per heavy atom. The van der Waals surface area contributed by atoms with Crippen LogP contribution in [0.25, 0.3) is 5.70 Å². The maximum Gasteiger partial charge on any atom is 0.356 e. The zero-order valence-corrected chi connectivity index (χ0v) is 28.5. The van der Waals surface area contributed by atoms with Crippen molar-refractivity contribution >= 4 is 17.6 Å². The molecule has 0 fully saturated rings. The summed E-state index contributed by atoms with van der Waals surface area (Å²) in [6.07, 6.45) is 36.3. The van der Waals surface area contributed by atoms with Crippen LogP contribution in [0.15, 0.2) is 107 Å². The normalized spacial score (nSPS) is 22.5. The number of aromatic nitrogens is 4. The Morgan fingerprint density at radius 3 is 2.40 bits per heavy atom. The summed E-state index contributed by atoms with van der Waals surface area (Å²) in [6.45, 7) is 6.79. The second kappa shape index (κ2) is 14.3. The number of unbranched alkanes of at least 4 members (excludes halogenated alkanes) is 9. The molecule has 8 heteroatoms. The number of carboxylic acid groups (broad SMARTS) is 1. The van der Waals surface area contributed by atoms with Crippen LogP contribution in [-0.4, -0.2) is 36.7 Å². The summed E-state index contributed by atoms with van der Waals surface area (Å²) in [7, 11) is 0. The molecule has 0 aromatic carbocycles. The van der Waals surface area contributed by atoms with Crippen molar-refractivity contribution in [2.45, 2.75) is 97.8 Å². The Labute approximate surface area is 283 Å². The molecule has 0 bridgehead atoms. The van der Waals surface area contributed by atoms with Crippen molar-refractivity contribution in [2.24, 2.45) is 10.8 Å². The number of nitrogens with one attached hydrogen (secondary N) is 1. The van der Waals surface area contributed by atoms with Crippen molar-refractivity contribution in [3.8, 4) is 0 Å². The number of imidazole rings is 1. The summed E-state index contributed by atoms with van der Waals surface area (Å²) in [5.74, 6) is -1.23. The quantitative estimate of drug-likeness (QED) is 0.187. The summed E-state index contributed by atoms with van der Waals surface area (Å²) in [4.78, 5) is 28.7. The minimum absolute atomic E-state index is 0.0424. The van der Waals surface area contributed by atoms with Crippen molar-refractivity contribution in [2.75, 3.05) is 0 Å². The maximum absolute atomic E-state index is 12.8. The number of aromatic carboxylic acids is 1. The highest BCUT2D eigenvalue weighted by Gasteiger charge is 2.46. The standard InChI is InChI=1S/C40H47N5O3/c1-4-5-6-7-8-9-10-11-12-13-14-28-23-35(45-26-34(38(47)48)41-27-45)40(3)21-18-33-32(36(28)40)16-15-30-24-31(17-20-39(30,33)2)44-37(46)29-19-22-42-43-25-29/h15-19,21-27H,4-14,20H2,1-3H3,(H,44,46)(H,47,48)/t39-,40-/m1/s1. The van der Waals surface area contributed by atoms with Crippen LogP contribution in [0.1, 0.15) is 119 Å². The molecule has 0 saturated carbocycles. The van der Waals surface area contributed by atoms with Crippen LogP contribution in [0, 0.1) is 10.8 Å². The van der Waals surface area contributed by atoms with E-state index in [4.69, 9.17) is 0 Å². The Bertz CT molecular complexity index is 1790. The fourth-order valence-corrected chi connectivity index (χ4v) is 7.71. The molecule has 1 amide bonds. The lowest BCUT2D eigenvalue weighted by molar-refractivity contribution is 0.0690. The fourth-order valence-electron chi connectivity index (χ4n) is 7.71. The van der Waals surface area contributed by atoms with Gasteiger partial charge in [-0.2, -0.15) is 10.2 Å². The Balaban J connectivity index is 1.23. The van der Waals surface area contributed by atoms with Crippen LogP contribution in [0.3, 0.4) is 0 Å². The second-order valence-electron chi connectivity index (χ2n) is 13.9. The van der Waals surface area contributed by atoms with Crippen molar-refractivity contribution in [3.05, 3.63) is 118 Å². The number of hydrogen-bond acceptors (Lipinski definition) is 5. The third-order valence-electron chi connectivity index (χ3n) is 10.5. The van der Waals surface area contributed by atoms with Crippen molar-refractivity contribution in [3.63, 3.8) is 0 Å². The molecule has 2 aromatic heterocycles. The number of amides is 1. The topological polar surface area (TPSA) is 110 Å². The Morgan fingerprint density at radius 2 is 1.71 bits per heavy atom. The van der Waals surface area contributed by atoms with Gasteiger partial charge in [0.15, 0.2) is 5.69 Å². The van der Waals surface area contributed by atoms with Gasteiger partial charge in [-0.05, 0) is 72.3 Å². The summed E-state index contributed by atoms with van der Waals surface area (Å²) < 4.78 is 1.89. The zero-order chi connectivity index (χ0) is 33.7. The minimum atomic E-state index is -1.03. The molecule has 250 valence electrons. The zero-order valence-electron chi connectivity index (χ0n) is 28.5. The first-order chi connectivity index (χ1) is 23.2. The summed E-state index contributed by atoms with van der Waals surface area (Å²) in [5, 5.41) is 20.2. The summed E-state index contributed by atoms with van der Waals surface area (Å²) in [6, 6.07) is 1.65. The van der Waals surface area contributed by atoms with Crippen LogP contribution in [0.5, 0.6) is 0 Å². The summed E-state index contributed by atoms with van der Waals surface area (Å²) >= 11 is 0. The van der Waals surface area contributed by atoms with E-state index >= 15 is 0 Å². The average molecular weight is 646 g/mol. The lowest BCUT2D eigenvalue weighted by Gasteiger charge is -2.43. The number of nitrogens with zero attached hydrogens (tertiary/aromatic N) is 4. The number of hydrogen-bond donors (Lipinski definition) is 2. The Hall–Kier alpha value is -4.59.